The third-order valence-electron chi connectivity index (χ3n) is 1.88. The molecule has 0 aliphatic rings. The largest absolute Gasteiger partial charge is 0.507 e. The molecule has 2 aromatic rings. The number of nitrogens with zero attached hydrogens (tertiary/aromatic N) is 2. The van der Waals surface area contributed by atoms with E-state index in [-0.39, 0.29) is 5.75 Å². The van der Waals surface area contributed by atoms with Crippen LogP contribution in [-0.2, 0) is 0 Å². The molecule has 0 unspecified atom stereocenters. The van der Waals surface area contributed by atoms with Crippen LogP contribution in [0, 0.1) is 0 Å². The molecule has 0 amide bonds. The Kier molecular flexibility index (Phi) is 2.42. The average Bonchev–Trinajstić information content (AvgIpc) is 2.64. The third kappa shape index (κ3) is 1.71. The second-order valence-corrected chi connectivity index (χ2v) is 3.81. The number of aromatic nitrogens is 2. The van der Waals surface area contributed by atoms with Crippen LogP contribution in [0.15, 0.2) is 18.2 Å². The van der Waals surface area contributed by atoms with Gasteiger partial charge in [0.25, 0.3) is 0 Å². The highest BCUT2D eigenvalue weighted by Crippen LogP contribution is 2.39. The smallest absolute Gasteiger partial charge is 0.203 e. The zero-order valence-electron chi connectivity index (χ0n) is 7.97. The molecular weight excluding hydrogens is 214 g/mol. The second kappa shape index (κ2) is 3.74. The van der Waals surface area contributed by atoms with Crippen molar-refractivity contribution >= 4 is 16.5 Å². The van der Waals surface area contributed by atoms with Crippen molar-refractivity contribution < 1.29 is 9.84 Å². The Balaban J connectivity index is 2.60. The van der Waals surface area contributed by atoms with Crippen LogP contribution in [0.5, 0.6) is 11.5 Å². The van der Waals surface area contributed by atoms with Crippen molar-refractivity contribution in [1.82, 2.24) is 10.2 Å². The molecule has 0 fully saturated rings. The topological polar surface area (TPSA) is 81.3 Å². The lowest BCUT2D eigenvalue weighted by Gasteiger charge is -2.06. The summed E-state index contributed by atoms with van der Waals surface area (Å²) in [6.07, 6.45) is 0. The van der Waals surface area contributed by atoms with Crippen LogP contribution in [0.4, 0.5) is 5.13 Å². The van der Waals surface area contributed by atoms with Crippen LogP contribution in [0.1, 0.15) is 0 Å². The molecule has 1 aromatic carbocycles. The fraction of sp³-hybridized carbons (Fsp3) is 0.111. The number of anilines is 1. The van der Waals surface area contributed by atoms with Crippen LogP contribution < -0.4 is 10.5 Å². The molecule has 5 nitrogen and oxygen atoms in total. The highest BCUT2D eigenvalue weighted by Gasteiger charge is 2.14. The predicted molar refractivity (Wildman–Crippen MR) is 58.0 cm³/mol. The molecule has 0 radical (unpaired) electrons. The third-order valence-corrected chi connectivity index (χ3v) is 2.65. The number of nitrogens with two attached hydrogens (primary N) is 1. The van der Waals surface area contributed by atoms with Gasteiger partial charge >= 0.3 is 0 Å². The summed E-state index contributed by atoms with van der Waals surface area (Å²) in [5.41, 5.74) is 6.00. The van der Waals surface area contributed by atoms with Crippen molar-refractivity contribution in [1.29, 1.82) is 0 Å². The summed E-state index contributed by atoms with van der Waals surface area (Å²) in [5, 5.41) is 18.2. The van der Waals surface area contributed by atoms with E-state index in [9.17, 15) is 5.11 Å². The monoisotopic (exact) mass is 223 g/mol. The molecule has 0 bridgehead atoms. The van der Waals surface area contributed by atoms with Crippen molar-refractivity contribution in [3.63, 3.8) is 0 Å². The Morgan fingerprint density at radius 1 is 1.40 bits per heavy atom. The summed E-state index contributed by atoms with van der Waals surface area (Å²) < 4.78 is 5.13. The molecule has 0 saturated heterocycles. The Morgan fingerprint density at radius 3 is 2.80 bits per heavy atom. The number of phenols is 1. The summed E-state index contributed by atoms with van der Waals surface area (Å²) >= 11 is 1.20. The molecule has 0 aliphatic heterocycles. The van der Waals surface area contributed by atoms with Gasteiger partial charge in [-0.2, -0.15) is 0 Å². The number of nitrogen functional groups attached to an aromatic ring is 1. The van der Waals surface area contributed by atoms with E-state index < -0.39 is 0 Å². The molecule has 6 heteroatoms. The van der Waals surface area contributed by atoms with Crippen LogP contribution in [0.2, 0.25) is 0 Å². The van der Waals surface area contributed by atoms with Crippen LogP contribution in [0.25, 0.3) is 10.6 Å². The van der Waals surface area contributed by atoms with Crippen molar-refractivity contribution in [2.24, 2.45) is 0 Å². The highest BCUT2D eigenvalue weighted by atomic mass is 32.1. The number of hydrogen-bond donors (Lipinski definition) is 2. The normalized spacial score (nSPS) is 10.2. The van der Waals surface area contributed by atoms with Gasteiger partial charge in [0.05, 0.1) is 12.7 Å². The standard InChI is InChI=1S/C9H9N3O2S/c1-14-6-4-2-3-5(13)7(6)8-11-12-9(10)15-8/h2-4,13H,1H3,(H2,10,12). The molecule has 0 spiro atoms. The highest BCUT2D eigenvalue weighted by molar-refractivity contribution is 7.18. The van der Waals surface area contributed by atoms with E-state index in [1.165, 1.54) is 18.4 Å². The predicted octanol–water partition coefficient (Wildman–Crippen LogP) is 1.50. The fourth-order valence-electron chi connectivity index (χ4n) is 1.24. The van der Waals surface area contributed by atoms with Gasteiger partial charge in [-0.15, -0.1) is 10.2 Å². The maximum atomic E-state index is 9.70. The van der Waals surface area contributed by atoms with Crippen molar-refractivity contribution in [2.75, 3.05) is 12.8 Å². The first-order valence-corrected chi connectivity index (χ1v) is 4.99. The van der Waals surface area contributed by atoms with Crippen molar-refractivity contribution in [2.45, 2.75) is 0 Å². The average molecular weight is 223 g/mol. The van der Waals surface area contributed by atoms with Gasteiger partial charge < -0.3 is 15.6 Å². The van der Waals surface area contributed by atoms with Gasteiger partial charge in [-0.05, 0) is 12.1 Å². The van der Waals surface area contributed by atoms with Gasteiger partial charge in [-0.25, -0.2) is 0 Å². The minimum absolute atomic E-state index is 0.102. The number of methoxy groups -OCH3 is 1. The van der Waals surface area contributed by atoms with Crippen molar-refractivity contribution in [3.05, 3.63) is 18.2 Å². The number of rotatable bonds is 2. The number of phenolic OH excluding ortho intramolecular Hbond substituents is 1. The minimum Gasteiger partial charge on any atom is -0.507 e. The molecule has 1 aromatic heterocycles. The molecule has 0 atom stereocenters. The van der Waals surface area contributed by atoms with E-state index in [4.69, 9.17) is 10.5 Å². The molecular formula is C9H9N3O2S. The fourth-order valence-corrected chi connectivity index (χ4v) is 1.91. The maximum Gasteiger partial charge on any atom is 0.203 e. The van der Waals surface area contributed by atoms with Crippen LogP contribution >= 0.6 is 11.3 Å². The van der Waals surface area contributed by atoms with Crippen LogP contribution in [0.3, 0.4) is 0 Å². The van der Waals surface area contributed by atoms with E-state index in [0.29, 0.717) is 21.5 Å². The van der Waals surface area contributed by atoms with Crippen LogP contribution in [-0.4, -0.2) is 22.4 Å². The molecule has 15 heavy (non-hydrogen) atoms. The SMILES string of the molecule is COc1cccc(O)c1-c1nnc(N)s1. The van der Waals surface area contributed by atoms with E-state index >= 15 is 0 Å². The van der Waals surface area contributed by atoms with Gasteiger partial charge in [-0.1, -0.05) is 17.4 Å². The van der Waals surface area contributed by atoms with E-state index in [1.54, 1.807) is 18.2 Å². The molecule has 78 valence electrons. The summed E-state index contributed by atoms with van der Waals surface area (Å²) in [5.74, 6) is 0.650. The zero-order valence-corrected chi connectivity index (χ0v) is 8.78. The lowest BCUT2D eigenvalue weighted by atomic mass is 10.2. The zero-order chi connectivity index (χ0) is 10.8. The maximum absolute atomic E-state index is 9.70. The van der Waals surface area contributed by atoms with Gasteiger partial charge in [0.1, 0.15) is 11.5 Å². The first kappa shape index (κ1) is 9.72. The molecule has 3 N–H and O–H groups in total. The van der Waals surface area contributed by atoms with E-state index in [2.05, 4.69) is 10.2 Å². The van der Waals surface area contributed by atoms with Gasteiger partial charge in [-0.3, -0.25) is 0 Å². The Labute approximate surface area is 90.1 Å². The van der Waals surface area contributed by atoms with Gasteiger partial charge in [0.2, 0.25) is 5.13 Å². The summed E-state index contributed by atoms with van der Waals surface area (Å²) in [4.78, 5) is 0. The van der Waals surface area contributed by atoms with E-state index in [0.717, 1.165) is 0 Å². The van der Waals surface area contributed by atoms with Gasteiger partial charge in [0.15, 0.2) is 5.01 Å². The molecule has 0 saturated carbocycles. The minimum atomic E-state index is 0.102. The first-order chi connectivity index (χ1) is 7.22. The molecule has 2 rings (SSSR count). The summed E-state index contributed by atoms with van der Waals surface area (Å²) in [6.45, 7) is 0. The van der Waals surface area contributed by atoms with E-state index in [1.807, 2.05) is 0 Å². The number of benzene rings is 1. The summed E-state index contributed by atoms with van der Waals surface area (Å²) in [6, 6.07) is 5.00. The first-order valence-electron chi connectivity index (χ1n) is 4.17. The second-order valence-electron chi connectivity index (χ2n) is 2.80. The van der Waals surface area contributed by atoms with Gasteiger partial charge in [0, 0.05) is 0 Å². The Morgan fingerprint density at radius 2 is 2.20 bits per heavy atom. The molecule has 0 aliphatic carbocycles. The number of ether oxygens (including phenoxy) is 1. The number of hydrogen-bond acceptors (Lipinski definition) is 6. The molecule has 1 heterocycles. The van der Waals surface area contributed by atoms with Crippen molar-refractivity contribution in [3.8, 4) is 22.1 Å². The Hall–Kier alpha value is -1.82. The number of aromatic hydroxyl groups is 1. The lowest BCUT2D eigenvalue weighted by Crippen LogP contribution is -1.87. The Bertz CT molecular complexity index is 484. The lowest BCUT2D eigenvalue weighted by molar-refractivity contribution is 0.410. The summed E-state index contributed by atoms with van der Waals surface area (Å²) in [7, 11) is 1.53. The quantitative estimate of drug-likeness (QED) is 0.806.